The number of nitrogens with one attached hydrogen (secondary N) is 1. The van der Waals surface area contributed by atoms with Crippen molar-refractivity contribution in [3.8, 4) is 16.8 Å². The van der Waals surface area contributed by atoms with Gasteiger partial charge in [-0.3, -0.25) is 10.1 Å². The molecule has 5 rings (SSSR count). The van der Waals surface area contributed by atoms with Crippen LogP contribution in [0.15, 0.2) is 85.1 Å². The van der Waals surface area contributed by atoms with Crippen LogP contribution in [-0.4, -0.2) is 26.9 Å². The fraction of sp³-hybridized carbons (Fsp3) is 0.179. The Balaban J connectivity index is 1.30. The summed E-state index contributed by atoms with van der Waals surface area (Å²) >= 11 is 0. The quantitative estimate of drug-likeness (QED) is 0.330. The molecule has 1 aliphatic carbocycles. The Kier molecular flexibility index (Phi) is 6.01. The zero-order valence-electron chi connectivity index (χ0n) is 19.5. The fourth-order valence-electron chi connectivity index (χ4n) is 4.24. The minimum Gasteiger partial charge on any atom is -0.481 e. The molecule has 0 spiro atoms. The first-order chi connectivity index (χ1) is 17.4. The molecule has 36 heavy (non-hydrogen) atoms. The molecule has 0 saturated heterocycles. The maximum atomic E-state index is 14.5. The molecule has 3 aromatic carbocycles. The Labute approximate surface area is 207 Å². The largest absolute Gasteiger partial charge is 0.481 e. The van der Waals surface area contributed by atoms with Crippen LogP contribution in [-0.2, 0) is 14.9 Å². The van der Waals surface area contributed by atoms with E-state index in [0.717, 1.165) is 28.5 Å². The van der Waals surface area contributed by atoms with Gasteiger partial charge in [-0.15, -0.1) is 0 Å². The maximum absolute atomic E-state index is 14.5. The fourth-order valence-corrected chi connectivity index (χ4v) is 4.24. The molecule has 182 valence electrons. The van der Waals surface area contributed by atoms with E-state index in [0.29, 0.717) is 18.5 Å². The number of ether oxygens (including phenoxy) is 1. The minimum atomic E-state index is -0.793. The first-order valence-electron chi connectivity index (χ1n) is 11.6. The average molecular weight is 486 g/mol. The van der Waals surface area contributed by atoms with Gasteiger partial charge in [0, 0.05) is 0 Å². The number of carbonyl (C=O) groups excluding carboxylic acids is 1. The lowest BCUT2D eigenvalue weighted by atomic mass is 9.94. The number of benzene rings is 3. The van der Waals surface area contributed by atoms with Crippen LogP contribution in [0.2, 0.25) is 0 Å². The summed E-state index contributed by atoms with van der Waals surface area (Å²) in [5, 5.41) is 16.0. The predicted octanol–water partition coefficient (Wildman–Crippen LogP) is 6.10. The van der Waals surface area contributed by atoms with E-state index in [1.54, 1.807) is 19.1 Å². The highest BCUT2D eigenvalue weighted by Crippen LogP contribution is 2.48. The molecule has 7 nitrogen and oxygen atoms in total. The topological polar surface area (TPSA) is 93.5 Å². The molecule has 2 N–H and O–H groups in total. The Bertz CT molecular complexity index is 1400. The summed E-state index contributed by atoms with van der Waals surface area (Å²) in [6.07, 6.45) is 1.04. The van der Waals surface area contributed by atoms with Crippen molar-refractivity contribution in [3.05, 3.63) is 102 Å². The van der Waals surface area contributed by atoms with Crippen LogP contribution in [0.1, 0.15) is 37.0 Å². The van der Waals surface area contributed by atoms with Gasteiger partial charge in [-0.2, -0.15) is 5.10 Å². The van der Waals surface area contributed by atoms with Crippen molar-refractivity contribution in [1.29, 1.82) is 0 Å². The number of halogens is 1. The molecule has 1 amide bonds. The second kappa shape index (κ2) is 9.30. The summed E-state index contributed by atoms with van der Waals surface area (Å²) in [5.41, 5.74) is 3.27. The summed E-state index contributed by atoms with van der Waals surface area (Å²) in [7, 11) is 0. The third kappa shape index (κ3) is 4.45. The minimum absolute atomic E-state index is 0.124. The second-order valence-electron chi connectivity index (χ2n) is 8.85. The lowest BCUT2D eigenvalue weighted by Crippen LogP contribution is -2.19. The Morgan fingerprint density at radius 3 is 2.19 bits per heavy atom. The summed E-state index contributed by atoms with van der Waals surface area (Å²) in [6, 6.07) is 24.0. The Morgan fingerprint density at radius 2 is 1.61 bits per heavy atom. The number of amides is 1. The van der Waals surface area contributed by atoms with E-state index in [2.05, 4.69) is 10.4 Å². The van der Waals surface area contributed by atoms with Crippen molar-refractivity contribution in [2.24, 2.45) is 0 Å². The van der Waals surface area contributed by atoms with Crippen molar-refractivity contribution < 1.29 is 23.8 Å². The molecule has 0 radical (unpaired) electrons. The number of aromatic nitrogens is 2. The SMILES string of the molecule is C[C@@H](OC(=O)Nc1c(F)cnn1-c1ccc(-c2ccc(C3(C(=O)O)CC3)cc2)cc1)c1ccccc1. The summed E-state index contributed by atoms with van der Waals surface area (Å²) in [6.45, 7) is 1.74. The number of hydrogen-bond donors (Lipinski definition) is 2. The second-order valence-corrected chi connectivity index (χ2v) is 8.85. The van der Waals surface area contributed by atoms with Crippen LogP contribution in [0.4, 0.5) is 15.0 Å². The molecule has 4 aromatic rings. The molecule has 1 heterocycles. The molecule has 1 fully saturated rings. The molecule has 1 aliphatic rings. The number of carbonyl (C=O) groups is 2. The Hall–Kier alpha value is -4.46. The third-order valence-electron chi connectivity index (χ3n) is 6.54. The number of hydrogen-bond acceptors (Lipinski definition) is 4. The third-order valence-corrected chi connectivity index (χ3v) is 6.54. The number of nitrogens with zero attached hydrogens (tertiary/aromatic N) is 2. The smallest absolute Gasteiger partial charge is 0.413 e. The van der Waals surface area contributed by atoms with Crippen LogP contribution in [0.3, 0.4) is 0 Å². The van der Waals surface area contributed by atoms with Gasteiger partial charge < -0.3 is 9.84 Å². The van der Waals surface area contributed by atoms with Gasteiger partial charge in [0.1, 0.15) is 6.10 Å². The molecule has 0 bridgehead atoms. The van der Waals surface area contributed by atoms with Gasteiger partial charge in [-0.25, -0.2) is 13.9 Å². The summed E-state index contributed by atoms with van der Waals surface area (Å²) in [4.78, 5) is 24.0. The number of rotatable bonds is 7. The standard InChI is InChI=1S/C28H24FN3O4/c1-18(19-5-3-2-4-6-19)36-27(35)31-25-24(29)17-30-32(25)23-13-9-21(10-14-23)20-7-11-22(12-8-20)28(15-16-28)26(33)34/h2-14,17-18H,15-16H2,1H3,(H,31,35)(H,33,34)/t18-/m1/s1. The predicted molar refractivity (Wildman–Crippen MR) is 132 cm³/mol. The van der Waals surface area contributed by atoms with Crippen LogP contribution >= 0.6 is 0 Å². The molecule has 1 atom stereocenters. The molecule has 0 unspecified atom stereocenters. The average Bonchev–Trinajstić information content (AvgIpc) is 3.64. The van der Waals surface area contributed by atoms with Crippen molar-refractivity contribution in [3.63, 3.8) is 0 Å². The van der Waals surface area contributed by atoms with Gasteiger partial charge >= 0.3 is 12.1 Å². The van der Waals surface area contributed by atoms with E-state index in [-0.39, 0.29) is 5.82 Å². The zero-order valence-corrected chi connectivity index (χ0v) is 19.5. The van der Waals surface area contributed by atoms with Gasteiger partial charge in [-0.05, 0) is 54.2 Å². The lowest BCUT2D eigenvalue weighted by Gasteiger charge is -2.15. The molecule has 0 aliphatic heterocycles. The van der Waals surface area contributed by atoms with Gasteiger partial charge in [0.2, 0.25) is 0 Å². The highest BCUT2D eigenvalue weighted by molar-refractivity contribution is 5.85. The van der Waals surface area contributed by atoms with Crippen LogP contribution in [0.25, 0.3) is 16.8 Å². The van der Waals surface area contributed by atoms with E-state index < -0.39 is 29.4 Å². The first kappa shape index (κ1) is 23.3. The lowest BCUT2D eigenvalue weighted by molar-refractivity contribution is -0.140. The van der Waals surface area contributed by atoms with Crippen molar-refractivity contribution in [2.45, 2.75) is 31.3 Å². The van der Waals surface area contributed by atoms with Crippen LogP contribution in [0, 0.1) is 5.82 Å². The molecule has 1 saturated carbocycles. The number of aliphatic carboxylic acids is 1. The number of carboxylic acid groups (broad SMARTS) is 1. The molecular weight excluding hydrogens is 461 g/mol. The zero-order chi connectivity index (χ0) is 25.3. The van der Waals surface area contributed by atoms with Crippen LogP contribution in [0.5, 0.6) is 0 Å². The van der Waals surface area contributed by atoms with Crippen molar-refractivity contribution >= 4 is 17.9 Å². The molecular formula is C28H24FN3O4. The number of anilines is 1. The van der Waals surface area contributed by atoms with E-state index in [1.165, 1.54) is 4.68 Å². The van der Waals surface area contributed by atoms with E-state index in [4.69, 9.17) is 4.74 Å². The first-order valence-corrected chi connectivity index (χ1v) is 11.6. The van der Waals surface area contributed by atoms with Gasteiger partial charge in [0.25, 0.3) is 0 Å². The highest BCUT2D eigenvalue weighted by Gasteiger charge is 2.51. The number of carboxylic acids is 1. The van der Waals surface area contributed by atoms with E-state index in [9.17, 15) is 19.1 Å². The summed E-state index contributed by atoms with van der Waals surface area (Å²) < 4.78 is 21.1. The molecule has 8 heteroatoms. The van der Waals surface area contributed by atoms with Crippen LogP contribution < -0.4 is 5.32 Å². The van der Waals surface area contributed by atoms with Gasteiger partial charge in [0.05, 0.1) is 17.3 Å². The summed E-state index contributed by atoms with van der Waals surface area (Å²) in [5.74, 6) is -1.60. The van der Waals surface area contributed by atoms with E-state index in [1.807, 2.05) is 66.7 Å². The monoisotopic (exact) mass is 485 g/mol. The normalized spacial score (nSPS) is 14.6. The van der Waals surface area contributed by atoms with Crippen molar-refractivity contribution in [2.75, 3.05) is 5.32 Å². The van der Waals surface area contributed by atoms with Gasteiger partial charge in [-0.1, -0.05) is 66.7 Å². The van der Waals surface area contributed by atoms with Crippen molar-refractivity contribution in [1.82, 2.24) is 9.78 Å². The molecule has 1 aromatic heterocycles. The highest BCUT2D eigenvalue weighted by atomic mass is 19.1. The van der Waals surface area contributed by atoms with E-state index >= 15 is 0 Å². The maximum Gasteiger partial charge on any atom is 0.413 e. The Morgan fingerprint density at radius 1 is 1.00 bits per heavy atom. The van der Waals surface area contributed by atoms with Gasteiger partial charge in [0.15, 0.2) is 11.6 Å².